The lowest BCUT2D eigenvalue weighted by atomic mass is 10.2. The molecule has 1 aromatic carbocycles. The average molecular weight is 311 g/mol. The third-order valence-electron chi connectivity index (χ3n) is 3.29. The van der Waals surface area contributed by atoms with Crippen molar-refractivity contribution < 1.29 is 14.3 Å². The third-order valence-corrected chi connectivity index (χ3v) is 3.49. The van der Waals surface area contributed by atoms with Gasteiger partial charge in [-0.05, 0) is 32.9 Å². The normalized spacial score (nSPS) is 14.0. The first kappa shape index (κ1) is 15.6. The number of carbonyl (C=O) groups excluding carboxylic acids is 1. The number of carbonyl (C=O) groups is 1. The summed E-state index contributed by atoms with van der Waals surface area (Å²) in [5, 5.41) is -0.319. The summed E-state index contributed by atoms with van der Waals surface area (Å²) in [5.41, 5.74) is 1.58. The van der Waals surface area contributed by atoms with Crippen LogP contribution in [-0.2, 0) is 9.53 Å². The highest BCUT2D eigenvalue weighted by Gasteiger charge is 2.24. The molecular formula is C15H19ClN2O3. The van der Waals surface area contributed by atoms with Gasteiger partial charge in [-0.15, -0.1) is 11.6 Å². The fourth-order valence-electron chi connectivity index (χ4n) is 2.27. The number of esters is 1. The Balaban J connectivity index is 2.61. The summed E-state index contributed by atoms with van der Waals surface area (Å²) >= 11 is 6.21. The van der Waals surface area contributed by atoms with Gasteiger partial charge in [-0.1, -0.05) is 0 Å². The van der Waals surface area contributed by atoms with Crippen LogP contribution in [0.25, 0.3) is 11.0 Å². The van der Waals surface area contributed by atoms with E-state index in [0.29, 0.717) is 18.2 Å². The zero-order chi connectivity index (χ0) is 15.6. The van der Waals surface area contributed by atoms with E-state index in [2.05, 4.69) is 4.98 Å². The molecular weight excluding hydrogens is 292 g/mol. The highest BCUT2D eigenvalue weighted by molar-refractivity contribution is 6.20. The number of hydrogen-bond donors (Lipinski definition) is 0. The molecule has 0 saturated heterocycles. The van der Waals surface area contributed by atoms with Crippen LogP contribution < -0.4 is 4.74 Å². The lowest BCUT2D eigenvalue weighted by Gasteiger charge is -2.17. The molecule has 0 radical (unpaired) electrons. The van der Waals surface area contributed by atoms with E-state index in [1.165, 1.54) is 0 Å². The predicted octanol–water partition coefficient (Wildman–Crippen LogP) is 3.47. The molecule has 0 aliphatic rings. The molecule has 0 amide bonds. The SMILES string of the molecule is CCOC(=O)C(C)n1c(C(C)Cl)nc2ccc(OC)cc21. The van der Waals surface area contributed by atoms with Crippen LogP contribution in [0.3, 0.4) is 0 Å². The van der Waals surface area contributed by atoms with Crippen LogP contribution in [0, 0.1) is 0 Å². The number of nitrogens with zero attached hydrogens (tertiary/aromatic N) is 2. The third kappa shape index (κ3) is 2.97. The molecule has 2 atom stereocenters. The van der Waals surface area contributed by atoms with Gasteiger partial charge in [0.25, 0.3) is 0 Å². The van der Waals surface area contributed by atoms with Crippen molar-refractivity contribution in [2.45, 2.75) is 32.2 Å². The minimum Gasteiger partial charge on any atom is -0.497 e. The molecule has 0 fully saturated rings. The molecule has 0 spiro atoms. The average Bonchev–Trinajstić information content (AvgIpc) is 2.85. The summed E-state index contributed by atoms with van der Waals surface area (Å²) in [6.45, 7) is 5.73. The zero-order valence-electron chi connectivity index (χ0n) is 12.6. The molecule has 6 heteroatoms. The van der Waals surface area contributed by atoms with Crippen molar-refractivity contribution in [3.05, 3.63) is 24.0 Å². The number of aromatic nitrogens is 2. The number of halogens is 1. The maximum absolute atomic E-state index is 12.1. The molecule has 0 N–H and O–H groups in total. The van der Waals surface area contributed by atoms with E-state index in [-0.39, 0.29) is 11.3 Å². The first-order valence-corrected chi connectivity index (χ1v) is 7.29. The Morgan fingerprint density at radius 2 is 2.14 bits per heavy atom. The van der Waals surface area contributed by atoms with Gasteiger partial charge < -0.3 is 14.0 Å². The molecule has 1 heterocycles. The van der Waals surface area contributed by atoms with E-state index in [1.54, 1.807) is 21.0 Å². The number of imidazole rings is 1. The van der Waals surface area contributed by atoms with Gasteiger partial charge in [-0.25, -0.2) is 9.78 Å². The Bertz CT molecular complexity index is 652. The second kappa shape index (κ2) is 6.35. The van der Waals surface area contributed by atoms with Gasteiger partial charge in [0, 0.05) is 6.07 Å². The predicted molar refractivity (Wildman–Crippen MR) is 81.9 cm³/mol. The number of fused-ring (bicyclic) bond motifs is 1. The van der Waals surface area contributed by atoms with E-state index in [9.17, 15) is 4.79 Å². The number of ether oxygens (including phenoxy) is 2. The quantitative estimate of drug-likeness (QED) is 0.627. The Hall–Kier alpha value is -1.75. The van der Waals surface area contributed by atoms with Gasteiger partial charge in [0.2, 0.25) is 0 Å². The largest absolute Gasteiger partial charge is 0.497 e. The van der Waals surface area contributed by atoms with Crippen molar-refractivity contribution in [3.63, 3.8) is 0 Å². The number of benzene rings is 1. The standard InChI is InChI=1S/C15H19ClN2O3/c1-5-21-15(19)10(3)18-13-8-11(20-4)6-7-12(13)17-14(18)9(2)16/h6-10H,5H2,1-4H3. The summed E-state index contributed by atoms with van der Waals surface area (Å²) < 4.78 is 12.2. The van der Waals surface area contributed by atoms with E-state index in [0.717, 1.165) is 11.0 Å². The Morgan fingerprint density at radius 3 is 2.71 bits per heavy atom. The lowest BCUT2D eigenvalue weighted by molar-refractivity contribution is -0.146. The van der Waals surface area contributed by atoms with Gasteiger partial charge in [-0.3, -0.25) is 0 Å². The van der Waals surface area contributed by atoms with Crippen molar-refractivity contribution in [3.8, 4) is 5.75 Å². The van der Waals surface area contributed by atoms with Crippen LogP contribution in [0.4, 0.5) is 0 Å². The van der Waals surface area contributed by atoms with Crippen molar-refractivity contribution in [1.82, 2.24) is 9.55 Å². The fourth-order valence-corrected chi connectivity index (χ4v) is 2.43. The number of alkyl halides is 1. The number of hydrogen-bond acceptors (Lipinski definition) is 4. The Morgan fingerprint density at radius 1 is 1.43 bits per heavy atom. The smallest absolute Gasteiger partial charge is 0.328 e. The molecule has 2 rings (SSSR count). The Labute approximate surface area is 128 Å². The van der Waals surface area contributed by atoms with Crippen LogP contribution in [0.5, 0.6) is 5.75 Å². The molecule has 2 aromatic rings. The monoisotopic (exact) mass is 310 g/mol. The highest BCUT2D eigenvalue weighted by atomic mass is 35.5. The summed E-state index contributed by atoms with van der Waals surface area (Å²) in [7, 11) is 1.60. The van der Waals surface area contributed by atoms with Crippen LogP contribution in [-0.4, -0.2) is 29.2 Å². The summed E-state index contributed by atoms with van der Waals surface area (Å²) in [5.74, 6) is 1.03. The summed E-state index contributed by atoms with van der Waals surface area (Å²) in [6, 6.07) is 5.03. The van der Waals surface area contributed by atoms with Crippen LogP contribution >= 0.6 is 11.6 Å². The fraction of sp³-hybridized carbons (Fsp3) is 0.467. The van der Waals surface area contributed by atoms with Gasteiger partial charge in [0.05, 0.1) is 30.1 Å². The molecule has 0 bridgehead atoms. The minimum atomic E-state index is -0.502. The minimum absolute atomic E-state index is 0.307. The first-order chi connectivity index (χ1) is 9.99. The maximum atomic E-state index is 12.1. The van der Waals surface area contributed by atoms with Gasteiger partial charge in [0.1, 0.15) is 17.6 Å². The van der Waals surface area contributed by atoms with Gasteiger partial charge in [0.15, 0.2) is 0 Å². The van der Waals surface area contributed by atoms with Crippen molar-refractivity contribution in [2.24, 2.45) is 0 Å². The highest BCUT2D eigenvalue weighted by Crippen LogP contribution is 2.30. The molecule has 2 unspecified atom stereocenters. The summed E-state index contributed by atoms with van der Waals surface area (Å²) in [6.07, 6.45) is 0. The second-order valence-electron chi connectivity index (χ2n) is 4.74. The van der Waals surface area contributed by atoms with E-state index >= 15 is 0 Å². The molecule has 0 saturated carbocycles. The zero-order valence-corrected chi connectivity index (χ0v) is 13.3. The van der Waals surface area contributed by atoms with Crippen molar-refractivity contribution in [2.75, 3.05) is 13.7 Å². The van der Waals surface area contributed by atoms with Crippen LogP contribution in [0.15, 0.2) is 18.2 Å². The molecule has 5 nitrogen and oxygen atoms in total. The van der Waals surface area contributed by atoms with Crippen molar-refractivity contribution >= 4 is 28.6 Å². The first-order valence-electron chi connectivity index (χ1n) is 6.86. The molecule has 0 aliphatic heterocycles. The number of rotatable bonds is 5. The van der Waals surface area contributed by atoms with Crippen molar-refractivity contribution in [1.29, 1.82) is 0 Å². The van der Waals surface area contributed by atoms with Crippen LogP contribution in [0.2, 0.25) is 0 Å². The molecule has 21 heavy (non-hydrogen) atoms. The number of methoxy groups -OCH3 is 1. The topological polar surface area (TPSA) is 53.4 Å². The molecule has 114 valence electrons. The lowest BCUT2D eigenvalue weighted by Crippen LogP contribution is -2.21. The second-order valence-corrected chi connectivity index (χ2v) is 5.39. The maximum Gasteiger partial charge on any atom is 0.328 e. The van der Waals surface area contributed by atoms with Crippen LogP contribution in [0.1, 0.15) is 38.0 Å². The van der Waals surface area contributed by atoms with Gasteiger partial charge >= 0.3 is 5.97 Å². The van der Waals surface area contributed by atoms with Gasteiger partial charge in [-0.2, -0.15) is 0 Å². The van der Waals surface area contributed by atoms with E-state index in [4.69, 9.17) is 21.1 Å². The summed E-state index contributed by atoms with van der Waals surface area (Å²) in [4.78, 5) is 16.6. The van der Waals surface area contributed by atoms with E-state index in [1.807, 2.05) is 29.7 Å². The van der Waals surface area contributed by atoms with E-state index < -0.39 is 6.04 Å². The Kier molecular flexibility index (Phi) is 4.73. The molecule has 0 aliphatic carbocycles. The molecule has 1 aromatic heterocycles.